The molecule has 0 aliphatic rings. The molecule has 0 N–H and O–H groups in total. The maximum atomic E-state index is 4.60. The fourth-order valence-corrected chi connectivity index (χ4v) is 2.57. The molecule has 0 radical (unpaired) electrons. The predicted octanol–water partition coefficient (Wildman–Crippen LogP) is 6.55. The Bertz CT molecular complexity index is 812. The molecule has 22 heavy (non-hydrogen) atoms. The SMILES string of the molecule is CC(C)(C)c1ccc2ccccc2c1N=Nc1ccccc1. The van der Waals surface area contributed by atoms with Gasteiger partial charge in [-0.15, -0.1) is 5.11 Å². The third kappa shape index (κ3) is 2.91. The molecule has 0 unspecified atom stereocenters. The Morgan fingerprint density at radius 2 is 1.36 bits per heavy atom. The first-order valence-electron chi connectivity index (χ1n) is 7.55. The maximum absolute atomic E-state index is 4.60. The molecule has 2 heteroatoms. The van der Waals surface area contributed by atoms with Crippen LogP contribution in [0.25, 0.3) is 10.8 Å². The van der Waals surface area contributed by atoms with Crippen LogP contribution in [0.15, 0.2) is 77.0 Å². The highest BCUT2D eigenvalue weighted by Gasteiger charge is 2.19. The van der Waals surface area contributed by atoms with Gasteiger partial charge in [-0.3, -0.25) is 0 Å². The van der Waals surface area contributed by atoms with Crippen molar-refractivity contribution in [2.45, 2.75) is 26.2 Å². The molecular weight excluding hydrogens is 268 g/mol. The van der Waals surface area contributed by atoms with E-state index in [0.29, 0.717) is 0 Å². The van der Waals surface area contributed by atoms with E-state index in [1.54, 1.807) is 0 Å². The monoisotopic (exact) mass is 288 g/mol. The summed E-state index contributed by atoms with van der Waals surface area (Å²) in [5.74, 6) is 0. The van der Waals surface area contributed by atoms with Crippen LogP contribution in [0, 0.1) is 0 Å². The Morgan fingerprint density at radius 3 is 2.09 bits per heavy atom. The smallest absolute Gasteiger partial charge is 0.0972 e. The lowest BCUT2D eigenvalue weighted by Crippen LogP contribution is -2.11. The number of benzene rings is 3. The van der Waals surface area contributed by atoms with Crippen LogP contribution >= 0.6 is 0 Å². The third-order valence-corrected chi connectivity index (χ3v) is 3.73. The Labute approximate surface area is 131 Å². The molecule has 0 saturated heterocycles. The fraction of sp³-hybridized carbons (Fsp3) is 0.200. The fourth-order valence-electron chi connectivity index (χ4n) is 2.57. The van der Waals surface area contributed by atoms with Gasteiger partial charge in [-0.2, -0.15) is 5.11 Å². The summed E-state index contributed by atoms with van der Waals surface area (Å²) in [5.41, 5.74) is 3.07. The van der Waals surface area contributed by atoms with E-state index >= 15 is 0 Å². The summed E-state index contributed by atoms with van der Waals surface area (Å²) in [6.45, 7) is 6.62. The molecule has 0 heterocycles. The molecule has 0 atom stereocenters. The van der Waals surface area contributed by atoms with Crippen LogP contribution in [0.5, 0.6) is 0 Å². The summed E-state index contributed by atoms with van der Waals surface area (Å²) in [6.07, 6.45) is 0. The van der Waals surface area contributed by atoms with E-state index in [1.165, 1.54) is 10.9 Å². The number of hydrogen-bond acceptors (Lipinski definition) is 2. The van der Waals surface area contributed by atoms with Gasteiger partial charge >= 0.3 is 0 Å². The van der Waals surface area contributed by atoms with Crippen LogP contribution in [0.2, 0.25) is 0 Å². The molecule has 3 aromatic rings. The van der Waals surface area contributed by atoms with E-state index in [-0.39, 0.29) is 5.41 Å². The normalized spacial score (nSPS) is 12.1. The van der Waals surface area contributed by atoms with Crippen molar-refractivity contribution >= 4 is 22.1 Å². The van der Waals surface area contributed by atoms with E-state index in [2.05, 4.69) is 67.4 Å². The minimum Gasteiger partial charge on any atom is -0.151 e. The molecule has 0 aliphatic carbocycles. The Hall–Kier alpha value is -2.48. The van der Waals surface area contributed by atoms with Crippen LogP contribution in [0.4, 0.5) is 11.4 Å². The second-order valence-electron chi connectivity index (χ2n) is 6.47. The average Bonchev–Trinajstić information content (AvgIpc) is 2.52. The molecule has 0 fully saturated rings. The lowest BCUT2D eigenvalue weighted by Gasteiger charge is -2.21. The molecule has 110 valence electrons. The molecule has 0 bridgehead atoms. The van der Waals surface area contributed by atoms with Crippen molar-refractivity contribution in [2.75, 3.05) is 0 Å². The van der Waals surface area contributed by atoms with Crippen molar-refractivity contribution < 1.29 is 0 Å². The molecule has 3 rings (SSSR count). The number of rotatable bonds is 2. The topological polar surface area (TPSA) is 24.7 Å². The minimum absolute atomic E-state index is 0.0229. The number of nitrogens with zero attached hydrogens (tertiary/aromatic N) is 2. The number of hydrogen-bond donors (Lipinski definition) is 0. The number of fused-ring (bicyclic) bond motifs is 1. The molecule has 0 amide bonds. The lowest BCUT2D eigenvalue weighted by atomic mass is 9.84. The van der Waals surface area contributed by atoms with Crippen molar-refractivity contribution in [2.24, 2.45) is 10.2 Å². The second-order valence-corrected chi connectivity index (χ2v) is 6.47. The number of azo groups is 1. The largest absolute Gasteiger partial charge is 0.151 e. The van der Waals surface area contributed by atoms with Crippen LogP contribution in [0.1, 0.15) is 26.3 Å². The molecule has 3 aromatic carbocycles. The standard InChI is InChI=1S/C20H20N2/c1-20(2,3)18-14-13-15-9-7-8-12-17(15)19(18)22-21-16-10-5-4-6-11-16/h4-14H,1-3H3. The van der Waals surface area contributed by atoms with Crippen molar-refractivity contribution in [3.8, 4) is 0 Å². The molecule has 0 spiro atoms. The van der Waals surface area contributed by atoms with Gasteiger partial charge in [-0.05, 0) is 28.5 Å². The van der Waals surface area contributed by atoms with E-state index in [0.717, 1.165) is 16.8 Å². The van der Waals surface area contributed by atoms with Crippen LogP contribution in [0.3, 0.4) is 0 Å². The summed E-state index contributed by atoms with van der Waals surface area (Å²) in [4.78, 5) is 0. The molecule has 0 aliphatic heterocycles. The maximum Gasteiger partial charge on any atom is 0.0972 e. The van der Waals surface area contributed by atoms with Gasteiger partial charge in [0.15, 0.2) is 0 Å². The van der Waals surface area contributed by atoms with Gasteiger partial charge in [0, 0.05) is 5.39 Å². The average molecular weight is 288 g/mol. The minimum atomic E-state index is 0.0229. The zero-order chi connectivity index (χ0) is 15.6. The van der Waals surface area contributed by atoms with Crippen molar-refractivity contribution in [3.63, 3.8) is 0 Å². The Morgan fingerprint density at radius 1 is 0.682 bits per heavy atom. The van der Waals surface area contributed by atoms with E-state index < -0.39 is 0 Å². The van der Waals surface area contributed by atoms with Gasteiger partial charge in [0.05, 0.1) is 11.4 Å². The summed E-state index contributed by atoms with van der Waals surface area (Å²) in [6, 6.07) is 22.5. The Balaban J connectivity index is 2.19. The molecule has 2 nitrogen and oxygen atoms in total. The Kier molecular flexibility index (Phi) is 3.76. The highest BCUT2D eigenvalue weighted by atomic mass is 15.1. The van der Waals surface area contributed by atoms with Gasteiger partial charge in [0.25, 0.3) is 0 Å². The van der Waals surface area contributed by atoms with E-state index in [9.17, 15) is 0 Å². The summed E-state index contributed by atoms with van der Waals surface area (Å²) in [7, 11) is 0. The van der Waals surface area contributed by atoms with Gasteiger partial charge in [0.1, 0.15) is 0 Å². The predicted molar refractivity (Wildman–Crippen MR) is 93.3 cm³/mol. The molecular formula is C20H20N2. The zero-order valence-corrected chi connectivity index (χ0v) is 13.2. The first-order valence-corrected chi connectivity index (χ1v) is 7.55. The first kappa shape index (κ1) is 14.5. The highest BCUT2D eigenvalue weighted by Crippen LogP contribution is 2.38. The summed E-state index contributed by atoms with van der Waals surface area (Å²) >= 11 is 0. The van der Waals surface area contributed by atoms with Crippen molar-refractivity contribution in [1.82, 2.24) is 0 Å². The van der Waals surface area contributed by atoms with Crippen molar-refractivity contribution in [3.05, 3.63) is 72.3 Å². The third-order valence-electron chi connectivity index (χ3n) is 3.73. The van der Waals surface area contributed by atoms with E-state index in [4.69, 9.17) is 0 Å². The van der Waals surface area contributed by atoms with E-state index in [1.807, 2.05) is 30.3 Å². The molecule has 0 aromatic heterocycles. The quantitative estimate of drug-likeness (QED) is 0.477. The van der Waals surface area contributed by atoms with Gasteiger partial charge in [-0.1, -0.05) is 75.4 Å². The van der Waals surface area contributed by atoms with Crippen LogP contribution in [-0.2, 0) is 5.41 Å². The first-order chi connectivity index (χ1) is 10.6. The lowest BCUT2D eigenvalue weighted by molar-refractivity contribution is 0.591. The van der Waals surface area contributed by atoms with Gasteiger partial charge < -0.3 is 0 Å². The summed E-state index contributed by atoms with van der Waals surface area (Å²) < 4.78 is 0. The second kappa shape index (κ2) is 5.72. The van der Waals surface area contributed by atoms with Crippen molar-refractivity contribution in [1.29, 1.82) is 0 Å². The summed E-state index contributed by atoms with van der Waals surface area (Å²) in [5, 5.41) is 11.4. The van der Waals surface area contributed by atoms with Crippen LogP contribution < -0.4 is 0 Å². The van der Waals surface area contributed by atoms with Gasteiger partial charge in [-0.25, -0.2) is 0 Å². The highest BCUT2D eigenvalue weighted by molar-refractivity contribution is 5.94. The molecule has 0 saturated carbocycles. The van der Waals surface area contributed by atoms with Crippen LogP contribution in [-0.4, -0.2) is 0 Å². The zero-order valence-electron chi connectivity index (χ0n) is 13.2. The van der Waals surface area contributed by atoms with Gasteiger partial charge in [0.2, 0.25) is 0 Å².